The van der Waals surface area contributed by atoms with E-state index in [2.05, 4.69) is 89.5 Å². The third-order valence-corrected chi connectivity index (χ3v) is 7.46. The first kappa shape index (κ1) is 26.3. The molecule has 1 radical (unpaired) electrons. The summed E-state index contributed by atoms with van der Waals surface area (Å²) in [5.41, 5.74) is 10.2. The molecule has 0 atom stereocenters. The van der Waals surface area contributed by atoms with Gasteiger partial charge in [0.1, 0.15) is 0 Å². The molecule has 5 aromatic carbocycles. The van der Waals surface area contributed by atoms with Gasteiger partial charge in [-0.15, -0.1) is 42.0 Å². The monoisotopic (exact) mass is 763 g/mol. The van der Waals surface area contributed by atoms with Gasteiger partial charge in [-0.05, 0) is 60.4 Å². The zero-order valence-electron chi connectivity index (χ0n) is 27.4. The van der Waals surface area contributed by atoms with Crippen molar-refractivity contribution < 1.29 is 28.6 Å². The van der Waals surface area contributed by atoms with Crippen LogP contribution in [0.15, 0.2) is 144 Å². The molecule has 0 spiro atoms. The van der Waals surface area contributed by atoms with E-state index in [4.69, 9.17) is 13.5 Å². The number of para-hydroxylation sites is 3. The summed E-state index contributed by atoms with van der Waals surface area (Å²) < 4.78 is 29.6. The maximum atomic E-state index is 7.23. The van der Waals surface area contributed by atoms with Gasteiger partial charge < -0.3 is 14.0 Å². The van der Waals surface area contributed by atoms with Gasteiger partial charge >= 0.3 is 0 Å². The first-order valence-corrected chi connectivity index (χ1v) is 14.3. The number of nitrogens with zero attached hydrogens (tertiary/aromatic N) is 3. The second-order valence-corrected chi connectivity index (χ2v) is 10.5. The van der Waals surface area contributed by atoms with Gasteiger partial charge in [0, 0.05) is 47.9 Å². The van der Waals surface area contributed by atoms with E-state index in [-0.39, 0.29) is 25.7 Å². The minimum atomic E-state index is -2.09. The fourth-order valence-electron chi connectivity index (χ4n) is 5.20. The van der Waals surface area contributed by atoms with Crippen LogP contribution < -0.4 is 0 Å². The molecule has 221 valence electrons. The predicted octanol–water partition coefficient (Wildman–Crippen LogP) is 10.1. The first-order valence-electron chi connectivity index (χ1n) is 15.8. The summed E-state index contributed by atoms with van der Waals surface area (Å²) in [5, 5.41) is 1.01. The molecule has 3 heterocycles. The Hall–Kier alpha value is -5.09. The van der Waals surface area contributed by atoms with E-state index in [0.29, 0.717) is 0 Å². The zero-order chi connectivity index (χ0) is 32.4. The molecule has 0 fully saturated rings. The van der Waals surface area contributed by atoms with Gasteiger partial charge in [-0.2, -0.15) is 0 Å². The van der Waals surface area contributed by atoms with Crippen molar-refractivity contribution in [1.29, 1.82) is 0 Å². The number of hydrogen-bond donors (Lipinski definition) is 0. The second-order valence-electron chi connectivity index (χ2n) is 10.5. The Labute approximate surface area is 280 Å². The van der Waals surface area contributed by atoms with Crippen molar-refractivity contribution in [3.05, 3.63) is 163 Å². The van der Waals surface area contributed by atoms with Crippen LogP contribution in [0.5, 0.6) is 0 Å². The van der Waals surface area contributed by atoms with Gasteiger partial charge in [-0.1, -0.05) is 95.4 Å². The summed E-state index contributed by atoms with van der Waals surface area (Å²) >= 11 is 0. The van der Waals surface area contributed by atoms with Crippen molar-refractivity contribution in [3.8, 4) is 39.5 Å². The number of benzene rings is 5. The summed E-state index contributed by atoms with van der Waals surface area (Å²) in [6, 6.07) is 47.2. The van der Waals surface area contributed by atoms with E-state index in [0.717, 1.165) is 50.3 Å². The quantitative estimate of drug-likeness (QED) is 0.168. The molecule has 8 rings (SSSR count). The van der Waals surface area contributed by atoms with Gasteiger partial charge in [0.25, 0.3) is 0 Å². The maximum Gasteiger partial charge on any atom is 0.0774 e. The number of aromatic nitrogens is 3. The SMILES string of the molecule is Cc1ccc(-c2ccc(-n3c(-c4[c-]oc5ccccc45)nc4ccccc43)cc2)cc1.[2H]C([2H])([2H])c1ccc(-c2[c-]cccc2)nc1.[Ir]. The van der Waals surface area contributed by atoms with Gasteiger partial charge in [0.2, 0.25) is 0 Å². The molecule has 0 saturated heterocycles. The van der Waals surface area contributed by atoms with Crippen LogP contribution in [0.2, 0.25) is 0 Å². The Kier molecular flexibility index (Phi) is 7.76. The van der Waals surface area contributed by atoms with Crippen LogP contribution in [0.25, 0.3) is 61.5 Å². The molecular formula is C40H29IrN3O-2. The van der Waals surface area contributed by atoms with Gasteiger partial charge in [-0.3, -0.25) is 4.98 Å². The minimum absolute atomic E-state index is 0. The average Bonchev–Trinajstić information content (AvgIpc) is 3.71. The summed E-state index contributed by atoms with van der Waals surface area (Å²) in [6.07, 6.45) is 4.48. The Morgan fingerprint density at radius 3 is 2.18 bits per heavy atom. The summed E-state index contributed by atoms with van der Waals surface area (Å²) in [7, 11) is 0. The topological polar surface area (TPSA) is 43.9 Å². The Bertz CT molecular complexity index is 2280. The van der Waals surface area contributed by atoms with Crippen molar-refractivity contribution in [2.75, 3.05) is 0 Å². The Morgan fingerprint density at radius 1 is 0.733 bits per heavy atom. The minimum Gasteiger partial charge on any atom is -0.557 e. The normalized spacial score (nSPS) is 12.0. The van der Waals surface area contributed by atoms with Gasteiger partial charge in [-0.25, -0.2) is 0 Å². The molecule has 8 aromatic rings. The number of pyridine rings is 1. The van der Waals surface area contributed by atoms with E-state index >= 15 is 0 Å². The molecule has 0 aliphatic rings. The number of rotatable bonds is 4. The predicted molar refractivity (Wildman–Crippen MR) is 179 cm³/mol. The third-order valence-electron chi connectivity index (χ3n) is 7.46. The molecule has 0 bridgehead atoms. The van der Waals surface area contributed by atoms with Crippen LogP contribution >= 0.6 is 0 Å². The van der Waals surface area contributed by atoms with E-state index in [9.17, 15) is 0 Å². The van der Waals surface area contributed by atoms with Crippen LogP contribution in [0.1, 0.15) is 15.2 Å². The molecule has 4 nitrogen and oxygen atoms in total. The fourth-order valence-corrected chi connectivity index (χ4v) is 5.20. The van der Waals surface area contributed by atoms with Gasteiger partial charge in [0.05, 0.1) is 16.9 Å². The van der Waals surface area contributed by atoms with Crippen LogP contribution in [0.3, 0.4) is 0 Å². The number of aryl methyl sites for hydroxylation is 2. The number of hydrogen-bond acceptors (Lipinski definition) is 3. The smallest absolute Gasteiger partial charge is 0.0774 e. The molecule has 0 unspecified atom stereocenters. The molecule has 5 heteroatoms. The second kappa shape index (κ2) is 13.3. The van der Waals surface area contributed by atoms with Crippen molar-refractivity contribution in [2.24, 2.45) is 0 Å². The molecule has 0 N–H and O–H groups in total. The van der Waals surface area contributed by atoms with Crippen molar-refractivity contribution in [3.63, 3.8) is 0 Å². The third kappa shape index (κ3) is 6.27. The summed E-state index contributed by atoms with van der Waals surface area (Å²) in [6.45, 7) is 0.0150. The van der Waals surface area contributed by atoms with E-state index in [1.54, 1.807) is 18.2 Å². The summed E-state index contributed by atoms with van der Waals surface area (Å²) in [4.78, 5) is 9.07. The number of fused-ring (bicyclic) bond motifs is 2. The van der Waals surface area contributed by atoms with Crippen molar-refractivity contribution >= 4 is 22.0 Å². The van der Waals surface area contributed by atoms with Crippen molar-refractivity contribution in [2.45, 2.75) is 13.8 Å². The number of furan rings is 1. The number of imidazole rings is 1. The molecule has 0 aliphatic heterocycles. The van der Waals surface area contributed by atoms with Crippen LogP contribution in [0, 0.1) is 26.1 Å². The fraction of sp³-hybridized carbons (Fsp3) is 0.0500. The molecular weight excluding hydrogens is 731 g/mol. The average molecular weight is 763 g/mol. The van der Waals surface area contributed by atoms with E-state index < -0.39 is 6.85 Å². The van der Waals surface area contributed by atoms with Crippen LogP contribution in [-0.4, -0.2) is 14.5 Å². The molecule has 0 amide bonds. The Balaban J connectivity index is 0.000000201. The van der Waals surface area contributed by atoms with Gasteiger partial charge in [0.15, 0.2) is 0 Å². The largest absolute Gasteiger partial charge is 0.557 e. The Morgan fingerprint density at radius 2 is 1.44 bits per heavy atom. The van der Waals surface area contributed by atoms with Crippen molar-refractivity contribution in [1.82, 2.24) is 14.5 Å². The molecule has 0 saturated carbocycles. The summed E-state index contributed by atoms with van der Waals surface area (Å²) in [5.74, 6) is 0.828. The maximum absolute atomic E-state index is 7.23. The zero-order valence-corrected chi connectivity index (χ0v) is 26.8. The molecule has 0 aliphatic carbocycles. The molecule has 3 aromatic heterocycles. The van der Waals surface area contributed by atoms with Crippen LogP contribution in [0.4, 0.5) is 0 Å². The first-order chi connectivity index (χ1) is 22.8. The van der Waals surface area contributed by atoms with E-state index in [1.165, 1.54) is 22.9 Å². The standard InChI is InChI=1S/C28H19N2O.C12H10N.Ir/c1-19-10-12-20(13-11-19)21-14-16-22(17-15-21)30-26-8-4-3-7-25(26)29-28(30)24-18-31-27-9-5-2-6-23(24)27;1-10-7-8-12(13-9-10)11-5-3-2-4-6-11;/h2-17H,1H3;2-5,7-9H,1H3;/q2*-1;/i;1D3;. The van der Waals surface area contributed by atoms with Crippen LogP contribution in [-0.2, 0) is 20.1 Å². The molecule has 45 heavy (non-hydrogen) atoms. The van der Waals surface area contributed by atoms with E-state index in [1.807, 2.05) is 54.6 Å².